The molecule has 0 unspecified atom stereocenters. The lowest BCUT2D eigenvalue weighted by Gasteiger charge is -2.08. The molecule has 90 valence electrons. The van der Waals surface area contributed by atoms with Crippen LogP contribution in [0, 0.1) is 6.92 Å². The molecular weight excluding hydrogens is 222 g/mol. The number of imidazole rings is 1. The Bertz CT molecular complexity index is 667. The Morgan fingerprint density at radius 2 is 2.18 bits per heavy atom. The van der Waals surface area contributed by atoms with E-state index in [0.717, 1.165) is 0 Å². The molecule has 6 heteroatoms. The Balaban J connectivity index is 3.00. The van der Waals surface area contributed by atoms with Gasteiger partial charge in [0, 0.05) is 19.8 Å². The van der Waals surface area contributed by atoms with Gasteiger partial charge in [0.1, 0.15) is 17.0 Å². The summed E-state index contributed by atoms with van der Waals surface area (Å²) in [6.45, 7) is 4.24. The lowest BCUT2D eigenvalue weighted by molar-refractivity contribution is 0.0695. The maximum absolute atomic E-state index is 11.9. The van der Waals surface area contributed by atoms with Crippen LogP contribution in [0.2, 0.25) is 0 Å². The summed E-state index contributed by atoms with van der Waals surface area (Å²) in [5, 5.41) is 8.97. The van der Waals surface area contributed by atoms with Crippen molar-refractivity contribution in [2.24, 2.45) is 7.05 Å². The summed E-state index contributed by atoms with van der Waals surface area (Å²) in [4.78, 5) is 27.0. The summed E-state index contributed by atoms with van der Waals surface area (Å²) in [5.41, 5.74) is 0.102. The van der Waals surface area contributed by atoms with E-state index >= 15 is 0 Å². The largest absolute Gasteiger partial charge is 0.477 e. The van der Waals surface area contributed by atoms with Crippen molar-refractivity contribution in [3.63, 3.8) is 0 Å². The SMILES string of the molecule is CCn1cc(C(=O)O)c(=O)c2nc(C)n(C)c21. The van der Waals surface area contributed by atoms with Crippen LogP contribution in [0.4, 0.5) is 0 Å². The standard InChI is InChI=1S/C11H13N3O3/c1-4-14-5-7(11(16)17)9(15)8-10(14)13(3)6(2)12-8/h5H,4H2,1-3H3,(H,16,17). The van der Waals surface area contributed by atoms with Crippen LogP contribution in [-0.4, -0.2) is 25.2 Å². The Kier molecular flexibility index (Phi) is 2.49. The summed E-state index contributed by atoms with van der Waals surface area (Å²) in [6, 6.07) is 0. The zero-order chi connectivity index (χ0) is 12.7. The number of aromatic nitrogens is 3. The van der Waals surface area contributed by atoms with Gasteiger partial charge in [-0.25, -0.2) is 9.78 Å². The fraction of sp³-hybridized carbons (Fsp3) is 0.364. The van der Waals surface area contributed by atoms with Gasteiger partial charge in [-0.05, 0) is 13.8 Å². The summed E-state index contributed by atoms with van der Waals surface area (Å²) in [5.74, 6) is -0.538. The third-order valence-corrected chi connectivity index (χ3v) is 2.88. The number of pyridine rings is 1. The van der Waals surface area contributed by atoms with E-state index in [1.54, 1.807) is 23.1 Å². The molecule has 0 saturated carbocycles. The predicted molar refractivity (Wildman–Crippen MR) is 62.3 cm³/mol. The van der Waals surface area contributed by atoms with Gasteiger partial charge in [-0.3, -0.25) is 4.79 Å². The zero-order valence-corrected chi connectivity index (χ0v) is 9.89. The molecule has 2 aromatic heterocycles. The van der Waals surface area contributed by atoms with Crippen molar-refractivity contribution in [3.8, 4) is 0 Å². The fourth-order valence-corrected chi connectivity index (χ4v) is 1.88. The molecule has 0 saturated heterocycles. The first-order chi connectivity index (χ1) is 7.97. The highest BCUT2D eigenvalue weighted by molar-refractivity contribution is 5.91. The first-order valence-corrected chi connectivity index (χ1v) is 5.27. The van der Waals surface area contributed by atoms with Gasteiger partial charge >= 0.3 is 5.97 Å². The van der Waals surface area contributed by atoms with Gasteiger partial charge in [-0.15, -0.1) is 0 Å². The molecule has 0 aliphatic heterocycles. The number of carbonyl (C=O) groups is 1. The zero-order valence-electron chi connectivity index (χ0n) is 9.89. The number of fused-ring (bicyclic) bond motifs is 1. The summed E-state index contributed by atoms with van der Waals surface area (Å²) in [7, 11) is 1.80. The van der Waals surface area contributed by atoms with E-state index in [1.165, 1.54) is 6.20 Å². The quantitative estimate of drug-likeness (QED) is 0.833. The number of aryl methyl sites for hydroxylation is 3. The highest BCUT2D eigenvalue weighted by Crippen LogP contribution is 2.12. The van der Waals surface area contributed by atoms with E-state index in [2.05, 4.69) is 4.98 Å². The summed E-state index contributed by atoms with van der Waals surface area (Å²) < 4.78 is 3.51. The van der Waals surface area contributed by atoms with E-state index in [-0.39, 0.29) is 11.1 Å². The first kappa shape index (κ1) is 11.4. The highest BCUT2D eigenvalue weighted by Gasteiger charge is 2.18. The van der Waals surface area contributed by atoms with Crippen molar-refractivity contribution in [2.45, 2.75) is 20.4 Å². The molecule has 2 aromatic rings. The van der Waals surface area contributed by atoms with Crippen molar-refractivity contribution >= 4 is 17.1 Å². The van der Waals surface area contributed by atoms with Gasteiger partial charge < -0.3 is 14.2 Å². The molecule has 0 amide bonds. The van der Waals surface area contributed by atoms with Gasteiger partial charge in [0.05, 0.1) is 0 Å². The van der Waals surface area contributed by atoms with Gasteiger partial charge in [-0.2, -0.15) is 0 Å². The van der Waals surface area contributed by atoms with Gasteiger partial charge in [0.15, 0.2) is 5.52 Å². The number of rotatable bonds is 2. The molecule has 0 radical (unpaired) electrons. The monoisotopic (exact) mass is 235 g/mol. The smallest absolute Gasteiger partial charge is 0.341 e. The van der Waals surface area contributed by atoms with Crippen molar-refractivity contribution in [1.29, 1.82) is 0 Å². The lowest BCUT2D eigenvalue weighted by Crippen LogP contribution is -2.19. The predicted octanol–water partition coefficient (Wildman–Crippen LogP) is 0.762. The molecule has 17 heavy (non-hydrogen) atoms. The summed E-state index contributed by atoms with van der Waals surface area (Å²) in [6.07, 6.45) is 1.37. The van der Waals surface area contributed by atoms with Crippen LogP contribution in [-0.2, 0) is 13.6 Å². The molecule has 0 bridgehead atoms. The Morgan fingerprint density at radius 3 is 2.71 bits per heavy atom. The van der Waals surface area contributed by atoms with E-state index in [9.17, 15) is 9.59 Å². The van der Waals surface area contributed by atoms with Crippen LogP contribution in [0.5, 0.6) is 0 Å². The van der Waals surface area contributed by atoms with Crippen LogP contribution < -0.4 is 5.43 Å². The van der Waals surface area contributed by atoms with Crippen LogP contribution in [0.3, 0.4) is 0 Å². The number of carboxylic acid groups (broad SMARTS) is 1. The third-order valence-electron chi connectivity index (χ3n) is 2.88. The second kappa shape index (κ2) is 3.73. The molecule has 0 aromatic carbocycles. The number of nitrogens with zero attached hydrogens (tertiary/aromatic N) is 3. The van der Waals surface area contributed by atoms with Crippen molar-refractivity contribution in [1.82, 2.24) is 14.1 Å². The lowest BCUT2D eigenvalue weighted by atomic mass is 10.2. The van der Waals surface area contributed by atoms with Crippen molar-refractivity contribution in [2.75, 3.05) is 0 Å². The van der Waals surface area contributed by atoms with E-state index in [1.807, 2.05) is 6.92 Å². The summed E-state index contributed by atoms with van der Waals surface area (Å²) >= 11 is 0. The minimum atomic E-state index is -1.22. The molecule has 0 aliphatic rings. The molecule has 0 spiro atoms. The number of carboxylic acids is 1. The molecule has 0 atom stereocenters. The van der Waals surface area contributed by atoms with E-state index in [4.69, 9.17) is 5.11 Å². The Morgan fingerprint density at radius 1 is 1.53 bits per heavy atom. The van der Waals surface area contributed by atoms with Crippen LogP contribution in [0.15, 0.2) is 11.0 Å². The van der Waals surface area contributed by atoms with Gasteiger partial charge in [-0.1, -0.05) is 0 Å². The maximum atomic E-state index is 11.9. The average molecular weight is 235 g/mol. The maximum Gasteiger partial charge on any atom is 0.341 e. The van der Waals surface area contributed by atoms with E-state index in [0.29, 0.717) is 18.0 Å². The Labute approximate surface area is 97.1 Å². The molecule has 2 rings (SSSR count). The minimum Gasteiger partial charge on any atom is -0.477 e. The number of hydrogen-bond acceptors (Lipinski definition) is 3. The van der Waals surface area contributed by atoms with Gasteiger partial charge in [0.25, 0.3) is 0 Å². The average Bonchev–Trinajstić information content (AvgIpc) is 2.57. The van der Waals surface area contributed by atoms with Crippen LogP contribution in [0.25, 0.3) is 11.2 Å². The molecule has 0 fully saturated rings. The van der Waals surface area contributed by atoms with Crippen LogP contribution in [0.1, 0.15) is 23.1 Å². The van der Waals surface area contributed by atoms with E-state index < -0.39 is 11.4 Å². The number of aromatic carboxylic acids is 1. The fourth-order valence-electron chi connectivity index (χ4n) is 1.88. The minimum absolute atomic E-state index is 0.215. The van der Waals surface area contributed by atoms with Crippen LogP contribution >= 0.6 is 0 Å². The first-order valence-electron chi connectivity index (χ1n) is 5.27. The topological polar surface area (TPSA) is 77.1 Å². The Hall–Kier alpha value is -2.11. The number of hydrogen-bond donors (Lipinski definition) is 1. The molecule has 2 heterocycles. The highest BCUT2D eigenvalue weighted by atomic mass is 16.4. The van der Waals surface area contributed by atoms with Crippen molar-refractivity contribution < 1.29 is 9.90 Å². The van der Waals surface area contributed by atoms with Gasteiger partial charge in [0.2, 0.25) is 5.43 Å². The molecular formula is C11H13N3O3. The second-order valence-corrected chi connectivity index (χ2v) is 3.85. The van der Waals surface area contributed by atoms with Crippen molar-refractivity contribution in [3.05, 3.63) is 27.8 Å². The molecule has 6 nitrogen and oxygen atoms in total. The molecule has 0 aliphatic carbocycles. The third kappa shape index (κ3) is 1.52. The normalized spacial score (nSPS) is 11.0. The second-order valence-electron chi connectivity index (χ2n) is 3.85. The molecule has 1 N–H and O–H groups in total.